The number of nitrogens with one attached hydrogen (secondary N) is 2. The third-order valence-electron chi connectivity index (χ3n) is 10.7. The average molecular weight is 684 g/mol. The lowest BCUT2D eigenvalue weighted by atomic mass is 9.65. The summed E-state index contributed by atoms with van der Waals surface area (Å²) in [7, 11) is 0. The molecule has 268 valence electrons. The molecule has 9 nitrogen and oxygen atoms in total. The van der Waals surface area contributed by atoms with E-state index in [2.05, 4.69) is 79.6 Å². The van der Waals surface area contributed by atoms with Crippen LogP contribution in [0.5, 0.6) is 0 Å². The molecule has 9 heteroatoms. The number of ether oxygens (including phenoxy) is 3. The van der Waals surface area contributed by atoms with Crippen molar-refractivity contribution in [2.24, 2.45) is 16.7 Å². The number of nitrogens with zero attached hydrogens (tertiary/aromatic N) is 1. The van der Waals surface area contributed by atoms with Crippen molar-refractivity contribution in [3.8, 4) is 11.1 Å². The molecule has 0 radical (unpaired) electrons. The molecule has 2 unspecified atom stereocenters. The first-order valence-electron chi connectivity index (χ1n) is 18.1. The fourth-order valence-corrected chi connectivity index (χ4v) is 8.65. The lowest BCUT2D eigenvalue weighted by Crippen LogP contribution is -2.46. The van der Waals surface area contributed by atoms with Crippen LogP contribution in [0.15, 0.2) is 72.8 Å². The van der Waals surface area contributed by atoms with Crippen molar-refractivity contribution in [2.75, 3.05) is 26.2 Å². The van der Waals surface area contributed by atoms with Crippen molar-refractivity contribution in [1.29, 1.82) is 0 Å². The van der Waals surface area contributed by atoms with Gasteiger partial charge in [-0.05, 0) is 70.9 Å². The summed E-state index contributed by atoms with van der Waals surface area (Å²) in [5.74, 6) is -0.336. The number of urea groups is 1. The summed E-state index contributed by atoms with van der Waals surface area (Å²) >= 11 is 0. The van der Waals surface area contributed by atoms with E-state index in [-0.39, 0.29) is 37.9 Å². The Morgan fingerprint density at radius 2 is 1.66 bits per heavy atom. The Bertz CT molecular complexity index is 1630. The van der Waals surface area contributed by atoms with Crippen LogP contribution in [-0.4, -0.2) is 60.4 Å². The molecule has 0 spiro atoms. The zero-order valence-electron chi connectivity index (χ0n) is 30.1. The summed E-state index contributed by atoms with van der Waals surface area (Å²) < 4.78 is 18.5. The molecule has 1 aliphatic carbocycles. The molecule has 2 bridgehead atoms. The van der Waals surface area contributed by atoms with Crippen molar-refractivity contribution in [2.45, 2.75) is 91.6 Å². The van der Waals surface area contributed by atoms with E-state index >= 15 is 0 Å². The third kappa shape index (κ3) is 8.57. The van der Waals surface area contributed by atoms with Gasteiger partial charge >= 0.3 is 12.0 Å². The second-order valence-electron chi connectivity index (χ2n) is 15.6. The molecule has 6 atom stereocenters. The van der Waals surface area contributed by atoms with Gasteiger partial charge in [-0.15, -0.1) is 0 Å². The highest BCUT2D eigenvalue weighted by molar-refractivity contribution is 5.80. The fraction of sp³-hybridized carbons (Fsp3) is 0.512. The SMILES string of the molecule is CCOC(=O)CNC(=O)NCc1cccc(-c2ccc([C@H]3O[C@@H](CN4CC5(C)CC4CC(C)(C)C5)[C@@H](C)[C@@H](c4ccc(CO)cc4)O3)cc2)c1. The fourth-order valence-electron chi connectivity index (χ4n) is 8.65. The normalized spacial score (nSPS) is 27.4. The molecule has 2 saturated heterocycles. The maximum Gasteiger partial charge on any atom is 0.325 e. The van der Waals surface area contributed by atoms with Crippen LogP contribution in [0, 0.1) is 16.7 Å². The van der Waals surface area contributed by atoms with Crippen LogP contribution in [0.4, 0.5) is 4.79 Å². The number of carbonyl (C=O) groups excluding carboxylic acids is 2. The maximum atomic E-state index is 12.2. The summed E-state index contributed by atoms with van der Waals surface area (Å²) in [6.07, 6.45) is 3.05. The number of carbonyl (C=O) groups is 2. The van der Waals surface area contributed by atoms with Gasteiger partial charge in [0.05, 0.1) is 25.4 Å². The van der Waals surface area contributed by atoms with Crippen molar-refractivity contribution >= 4 is 12.0 Å². The molecule has 2 amide bonds. The summed E-state index contributed by atoms with van der Waals surface area (Å²) in [5, 5.41) is 15.0. The number of aliphatic hydroxyl groups is 1. The smallest absolute Gasteiger partial charge is 0.325 e. The molecule has 3 N–H and O–H groups in total. The van der Waals surface area contributed by atoms with E-state index in [1.54, 1.807) is 6.92 Å². The standard InChI is InChI=1S/C41H53N3O6/c1-6-48-36(46)22-43-39(47)42-21-29-8-7-9-33(18-29)30-14-16-32(17-15-30)38-49-35(23-44-26-41(5)20-34(44)19-40(3,4)25-41)27(2)37(50-38)31-12-10-28(24-45)11-13-31/h7-18,27,34-35,37-38,45H,6,19-26H2,1-5H3,(H2,42,43,47)/t27-,34?,35+,37+,38+,41?/m1/s1. The Morgan fingerprint density at radius 3 is 2.38 bits per heavy atom. The van der Waals surface area contributed by atoms with Gasteiger partial charge in [-0.25, -0.2) is 4.79 Å². The monoisotopic (exact) mass is 683 g/mol. The average Bonchev–Trinajstić information content (AvgIpc) is 3.34. The molecule has 3 aromatic rings. The minimum Gasteiger partial charge on any atom is -0.465 e. The first-order chi connectivity index (χ1) is 23.9. The van der Waals surface area contributed by atoms with Crippen LogP contribution in [0.1, 0.15) is 88.5 Å². The Morgan fingerprint density at radius 1 is 0.920 bits per heavy atom. The van der Waals surface area contributed by atoms with E-state index in [4.69, 9.17) is 14.2 Å². The molecule has 3 fully saturated rings. The highest BCUT2D eigenvalue weighted by Gasteiger charge is 2.51. The van der Waals surface area contributed by atoms with Gasteiger partial charge in [-0.3, -0.25) is 9.69 Å². The van der Waals surface area contributed by atoms with Crippen LogP contribution < -0.4 is 10.6 Å². The molecule has 3 aliphatic rings. The molecular formula is C41H53N3O6. The van der Waals surface area contributed by atoms with E-state index in [0.717, 1.165) is 46.5 Å². The second-order valence-corrected chi connectivity index (χ2v) is 15.6. The topological polar surface area (TPSA) is 109 Å². The van der Waals surface area contributed by atoms with Crippen LogP contribution in [0.3, 0.4) is 0 Å². The lowest BCUT2D eigenvalue weighted by molar-refractivity contribution is -0.276. The Labute approximate surface area is 296 Å². The minimum atomic E-state index is -0.523. The summed E-state index contributed by atoms with van der Waals surface area (Å²) in [6, 6.07) is 24.6. The molecule has 0 aromatic heterocycles. The molecular weight excluding hydrogens is 630 g/mol. The van der Waals surface area contributed by atoms with E-state index in [9.17, 15) is 14.7 Å². The first kappa shape index (κ1) is 36.0. The number of benzene rings is 3. The Balaban J connectivity index is 1.16. The van der Waals surface area contributed by atoms with Gasteiger partial charge in [0.2, 0.25) is 0 Å². The zero-order chi connectivity index (χ0) is 35.5. The zero-order valence-corrected chi connectivity index (χ0v) is 30.1. The first-order valence-corrected chi connectivity index (χ1v) is 18.1. The molecule has 6 rings (SSSR count). The van der Waals surface area contributed by atoms with Gasteiger partial charge < -0.3 is 30.0 Å². The molecule has 3 aromatic carbocycles. The van der Waals surface area contributed by atoms with Gasteiger partial charge in [0.15, 0.2) is 6.29 Å². The van der Waals surface area contributed by atoms with Crippen molar-refractivity contribution in [3.05, 3.63) is 95.1 Å². The number of aliphatic hydroxyl groups excluding tert-OH is 1. The van der Waals surface area contributed by atoms with Gasteiger partial charge in [0.1, 0.15) is 6.54 Å². The number of esters is 1. The number of rotatable bonds is 11. The van der Waals surface area contributed by atoms with Crippen molar-refractivity contribution in [1.82, 2.24) is 15.5 Å². The number of hydrogen-bond donors (Lipinski definition) is 3. The number of hydrogen-bond acceptors (Lipinski definition) is 7. The van der Waals surface area contributed by atoms with Crippen LogP contribution in [0.25, 0.3) is 11.1 Å². The predicted octanol–water partition coefficient (Wildman–Crippen LogP) is 6.90. The summed E-state index contributed by atoms with van der Waals surface area (Å²) in [4.78, 5) is 26.4. The quantitative estimate of drug-likeness (QED) is 0.189. The number of fused-ring (bicyclic) bond motifs is 2. The van der Waals surface area contributed by atoms with E-state index in [1.807, 2.05) is 36.4 Å². The maximum absolute atomic E-state index is 12.2. The number of amides is 2. The van der Waals surface area contributed by atoms with Crippen molar-refractivity contribution in [3.63, 3.8) is 0 Å². The van der Waals surface area contributed by atoms with Gasteiger partial charge in [-0.1, -0.05) is 94.4 Å². The van der Waals surface area contributed by atoms with E-state index in [0.29, 0.717) is 23.4 Å². The molecule has 2 heterocycles. The summed E-state index contributed by atoms with van der Waals surface area (Å²) in [5.41, 5.74) is 6.65. The Kier molecular flexibility index (Phi) is 11.0. The van der Waals surface area contributed by atoms with Crippen LogP contribution in [-0.2, 0) is 32.2 Å². The van der Waals surface area contributed by atoms with E-state index in [1.165, 1.54) is 19.3 Å². The van der Waals surface area contributed by atoms with Gasteiger partial charge in [-0.2, -0.15) is 0 Å². The third-order valence-corrected chi connectivity index (χ3v) is 10.7. The van der Waals surface area contributed by atoms with Gasteiger partial charge in [0.25, 0.3) is 0 Å². The van der Waals surface area contributed by atoms with Crippen molar-refractivity contribution < 1.29 is 28.9 Å². The molecule has 50 heavy (non-hydrogen) atoms. The minimum absolute atomic E-state index is 0.0133. The van der Waals surface area contributed by atoms with Crippen LogP contribution >= 0.6 is 0 Å². The Hall–Kier alpha value is -3.76. The number of likely N-dealkylation sites (tertiary alicyclic amines) is 1. The van der Waals surface area contributed by atoms with Crippen LogP contribution in [0.2, 0.25) is 0 Å². The lowest BCUT2D eigenvalue weighted by Gasteiger charge is -2.43. The highest BCUT2D eigenvalue weighted by atomic mass is 16.7. The largest absolute Gasteiger partial charge is 0.465 e. The summed E-state index contributed by atoms with van der Waals surface area (Å²) in [6.45, 7) is 13.7. The predicted molar refractivity (Wildman–Crippen MR) is 193 cm³/mol. The highest BCUT2D eigenvalue weighted by Crippen LogP contribution is 2.53. The second kappa shape index (κ2) is 15.2. The molecule has 2 aliphatic heterocycles. The van der Waals surface area contributed by atoms with E-state index < -0.39 is 18.3 Å². The van der Waals surface area contributed by atoms with Gasteiger partial charge in [0, 0.05) is 37.2 Å². The molecule has 1 saturated carbocycles.